The zero-order valence-corrected chi connectivity index (χ0v) is 11.5. The summed E-state index contributed by atoms with van der Waals surface area (Å²) in [7, 11) is -4.45. The fraction of sp³-hybridized carbons (Fsp3) is 0.286. The molecule has 1 rings (SSSR count). The first-order chi connectivity index (χ1) is 7.20. The van der Waals surface area contributed by atoms with Gasteiger partial charge in [0.25, 0.3) is 0 Å². The van der Waals surface area contributed by atoms with Gasteiger partial charge in [0.1, 0.15) is 10.0 Å². The number of sulfonamides is 1. The number of halogens is 3. The summed E-state index contributed by atoms with van der Waals surface area (Å²) in [5.41, 5.74) is 0. The van der Waals surface area contributed by atoms with Crippen molar-refractivity contribution in [1.82, 2.24) is 4.98 Å². The average molecular weight is 278 g/mol. The van der Waals surface area contributed by atoms with Crippen molar-refractivity contribution in [2.24, 2.45) is 0 Å². The number of hydrogen-bond donors (Lipinski definition) is 0. The maximum Gasteiger partial charge on any atom is 1.00 e. The molecule has 0 aromatic carbocycles. The number of alkyl halides is 3. The number of aromatic nitrogens is 1. The van der Waals surface area contributed by atoms with Gasteiger partial charge in [0.05, 0.1) is 0 Å². The zero-order chi connectivity index (χ0) is 12.4. The fourth-order valence-corrected chi connectivity index (χ4v) is 1.44. The molecule has 0 saturated carbocycles. The van der Waals surface area contributed by atoms with Gasteiger partial charge in [-0.1, -0.05) is 0 Å². The molecule has 1 aromatic rings. The molecule has 1 heterocycles. The van der Waals surface area contributed by atoms with E-state index in [0.717, 1.165) is 12.3 Å². The summed E-state index contributed by atoms with van der Waals surface area (Å²) in [6, 6.07) is 2.21. The molecule has 0 aliphatic heterocycles. The van der Waals surface area contributed by atoms with E-state index in [1.807, 2.05) is 0 Å². The molecule has 0 aliphatic carbocycles. The van der Waals surface area contributed by atoms with Crippen LogP contribution in [-0.2, 0) is 10.0 Å². The quantitative estimate of drug-likeness (QED) is 0.648. The third kappa shape index (κ3) is 5.68. The van der Waals surface area contributed by atoms with Gasteiger partial charge in [-0.25, -0.2) is 13.4 Å². The Labute approximate surface area is 118 Å². The molecule has 0 atom stereocenters. The monoisotopic (exact) mass is 278 g/mol. The van der Waals surface area contributed by atoms with Crippen LogP contribution < -0.4 is 34.3 Å². The van der Waals surface area contributed by atoms with E-state index in [9.17, 15) is 21.6 Å². The topological polar surface area (TPSA) is 80.1 Å². The second-order valence-corrected chi connectivity index (χ2v) is 4.11. The van der Waals surface area contributed by atoms with Crippen LogP contribution in [0.2, 0.25) is 0 Å². The maximum absolute atomic E-state index is 11.8. The molecule has 5 nitrogen and oxygen atoms in total. The Morgan fingerprint density at radius 1 is 1.41 bits per heavy atom. The van der Waals surface area contributed by atoms with Crippen molar-refractivity contribution in [3.8, 4) is 5.75 Å². The average Bonchev–Trinajstić information content (AvgIpc) is 2.12. The third-order valence-corrected chi connectivity index (χ3v) is 2.20. The summed E-state index contributed by atoms with van der Waals surface area (Å²) in [5.74, 6) is -0.588. The van der Waals surface area contributed by atoms with Crippen molar-refractivity contribution in [2.75, 3.05) is 6.61 Å². The summed E-state index contributed by atoms with van der Waals surface area (Å²) in [4.78, 5) is 3.28. The predicted octanol–water partition coefficient (Wildman–Crippen LogP) is -1.23. The van der Waals surface area contributed by atoms with Crippen LogP contribution in [0.15, 0.2) is 23.4 Å². The molecule has 0 bridgehead atoms. The summed E-state index contributed by atoms with van der Waals surface area (Å²) in [5, 5.41) is 5.86. The Kier molecular flexibility index (Phi) is 5.88. The third-order valence-electron chi connectivity index (χ3n) is 1.38. The molecule has 0 spiro atoms. The molecular weight excluding hydrogens is 272 g/mol. The Bertz CT molecular complexity index is 477. The Balaban J connectivity index is 0.00000256. The van der Waals surface area contributed by atoms with Crippen LogP contribution in [0.25, 0.3) is 5.14 Å². The van der Waals surface area contributed by atoms with Crippen LogP contribution in [0.1, 0.15) is 0 Å². The van der Waals surface area contributed by atoms with E-state index in [4.69, 9.17) is 5.14 Å². The summed E-state index contributed by atoms with van der Waals surface area (Å²) in [6.07, 6.45) is -3.54. The summed E-state index contributed by atoms with van der Waals surface area (Å²) < 4.78 is 61.4. The largest absolute Gasteiger partial charge is 1.00 e. The first kappa shape index (κ1) is 16.6. The molecule has 17 heavy (non-hydrogen) atoms. The number of pyridine rings is 1. The zero-order valence-electron chi connectivity index (χ0n) is 8.65. The predicted molar refractivity (Wildman–Crippen MR) is 47.3 cm³/mol. The number of rotatable bonds is 3. The molecule has 1 N–H and O–H groups in total. The normalized spacial score (nSPS) is 11.8. The number of nitrogens with one attached hydrogen (secondary N) is 1. The Morgan fingerprint density at radius 2 is 2.00 bits per heavy atom. The van der Waals surface area contributed by atoms with Crippen LogP contribution in [-0.4, -0.2) is 26.2 Å². The standard InChI is InChI=1S/C7H6F3N2O3S.Na/c8-7(9,10)4-15-5-2-1-3-12-6(5)16(11,13)14;/h1-3H,4H2,(H-,11,13,14);/q-1;+1. The van der Waals surface area contributed by atoms with Crippen LogP contribution in [0.5, 0.6) is 5.75 Å². The number of hydrogen-bond acceptors (Lipinski definition) is 4. The molecule has 1 aromatic heterocycles. The van der Waals surface area contributed by atoms with Crippen molar-refractivity contribution in [1.29, 1.82) is 0 Å². The van der Waals surface area contributed by atoms with Gasteiger partial charge in [0.2, 0.25) is 0 Å². The van der Waals surface area contributed by atoms with Crippen LogP contribution in [0.4, 0.5) is 13.2 Å². The van der Waals surface area contributed by atoms with Gasteiger partial charge in [-0.3, -0.25) is 0 Å². The van der Waals surface area contributed by atoms with Crippen molar-refractivity contribution < 1.29 is 55.9 Å². The fourth-order valence-electron chi connectivity index (χ4n) is 0.847. The van der Waals surface area contributed by atoms with Crippen molar-refractivity contribution >= 4 is 10.0 Å². The molecule has 90 valence electrons. The maximum atomic E-state index is 11.8. The number of nitrogens with zero attached hydrogens (tertiary/aromatic N) is 1. The van der Waals surface area contributed by atoms with E-state index in [0.29, 0.717) is 0 Å². The second kappa shape index (κ2) is 6.01. The van der Waals surface area contributed by atoms with Crippen LogP contribution in [0, 0.1) is 0 Å². The molecular formula is C7H6F3N2NaO3S. The summed E-state index contributed by atoms with van der Waals surface area (Å²) in [6.45, 7) is -1.64. The van der Waals surface area contributed by atoms with Gasteiger partial charge in [-0.05, 0) is 12.1 Å². The Morgan fingerprint density at radius 3 is 2.47 bits per heavy atom. The van der Waals surface area contributed by atoms with Gasteiger partial charge in [0.15, 0.2) is 17.4 Å². The first-order valence-corrected chi connectivity index (χ1v) is 5.33. The van der Waals surface area contributed by atoms with Gasteiger partial charge >= 0.3 is 35.7 Å². The van der Waals surface area contributed by atoms with E-state index < -0.39 is 33.6 Å². The van der Waals surface area contributed by atoms with Gasteiger partial charge in [-0.2, -0.15) is 13.2 Å². The molecule has 0 radical (unpaired) electrons. The Hall–Kier alpha value is -0.350. The van der Waals surface area contributed by atoms with E-state index in [1.165, 1.54) is 6.07 Å². The molecule has 10 heteroatoms. The van der Waals surface area contributed by atoms with Crippen LogP contribution in [0.3, 0.4) is 0 Å². The van der Waals surface area contributed by atoms with Gasteiger partial charge in [-0.15, -0.1) is 0 Å². The van der Waals surface area contributed by atoms with Crippen molar-refractivity contribution in [2.45, 2.75) is 11.2 Å². The summed E-state index contributed by atoms with van der Waals surface area (Å²) >= 11 is 0. The molecule has 0 saturated heterocycles. The minimum atomic E-state index is -4.58. The van der Waals surface area contributed by atoms with E-state index in [1.54, 1.807) is 0 Å². The van der Waals surface area contributed by atoms with Gasteiger partial charge in [0, 0.05) is 6.20 Å². The molecule has 0 fully saturated rings. The molecule has 0 amide bonds. The minimum Gasteiger partial charge on any atom is -0.558 e. The van der Waals surface area contributed by atoms with Crippen LogP contribution >= 0.6 is 0 Å². The SMILES string of the molecule is [NH-]S(=O)(=O)c1ncccc1OCC(F)(F)F.[Na+]. The van der Waals surface area contributed by atoms with Crippen molar-refractivity contribution in [3.63, 3.8) is 0 Å². The van der Waals surface area contributed by atoms with E-state index >= 15 is 0 Å². The number of ether oxygens (including phenoxy) is 1. The van der Waals surface area contributed by atoms with E-state index in [-0.39, 0.29) is 29.6 Å². The molecule has 0 unspecified atom stereocenters. The minimum absolute atomic E-state index is 0. The van der Waals surface area contributed by atoms with Gasteiger partial charge < -0.3 is 9.88 Å². The first-order valence-electron chi connectivity index (χ1n) is 3.84. The smallest absolute Gasteiger partial charge is 0.558 e. The van der Waals surface area contributed by atoms with E-state index in [2.05, 4.69) is 9.72 Å². The molecule has 0 aliphatic rings. The van der Waals surface area contributed by atoms with Crippen molar-refractivity contribution in [3.05, 3.63) is 23.5 Å². The second-order valence-electron chi connectivity index (χ2n) is 2.71.